The molecule has 0 spiro atoms. The Morgan fingerprint density at radius 3 is 3.00 bits per heavy atom. The molecule has 0 aromatic rings. The van der Waals surface area contributed by atoms with E-state index in [1.54, 1.807) is 11.8 Å². The molecule has 1 rings (SSSR count). The second kappa shape index (κ2) is 4.09. The molecule has 0 aromatic carbocycles. The summed E-state index contributed by atoms with van der Waals surface area (Å²) >= 11 is 0. The number of amides is 2. The van der Waals surface area contributed by atoms with E-state index in [4.69, 9.17) is 0 Å². The largest absolute Gasteiger partial charge is 0.338 e. The number of carbonyl (C=O) groups excluding carboxylic acids is 2. The van der Waals surface area contributed by atoms with E-state index in [1.165, 1.54) is 0 Å². The summed E-state index contributed by atoms with van der Waals surface area (Å²) < 4.78 is 0. The van der Waals surface area contributed by atoms with Crippen LogP contribution in [0.2, 0.25) is 0 Å². The second-order valence-corrected chi connectivity index (χ2v) is 3.02. The van der Waals surface area contributed by atoms with Crippen LogP contribution < -0.4 is 5.32 Å². The maximum absolute atomic E-state index is 11.1. The van der Waals surface area contributed by atoms with Crippen LogP contribution in [0.25, 0.3) is 0 Å². The Kier molecular flexibility index (Phi) is 3.08. The highest BCUT2D eigenvalue weighted by molar-refractivity contribution is 5.78. The normalized spacial score (nSPS) is 17.4. The molecule has 1 fully saturated rings. The van der Waals surface area contributed by atoms with E-state index in [-0.39, 0.29) is 11.8 Å². The molecule has 1 saturated heterocycles. The number of carbonyl (C=O) groups is 2. The lowest BCUT2D eigenvalue weighted by molar-refractivity contribution is -0.117. The van der Waals surface area contributed by atoms with Crippen LogP contribution in [0.5, 0.6) is 0 Å². The van der Waals surface area contributed by atoms with E-state index in [2.05, 4.69) is 5.32 Å². The van der Waals surface area contributed by atoms with Gasteiger partial charge in [-0.25, -0.2) is 4.79 Å². The molecule has 1 heterocycles. The van der Waals surface area contributed by atoms with Crippen molar-refractivity contribution < 1.29 is 9.59 Å². The SMILES string of the molecule is CC(=O)CCN1CCCNC1=O. The van der Waals surface area contributed by atoms with Gasteiger partial charge in [0.25, 0.3) is 0 Å². The highest BCUT2D eigenvalue weighted by Crippen LogP contribution is 2.00. The van der Waals surface area contributed by atoms with E-state index < -0.39 is 0 Å². The average Bonchev–Trinajstić information content (AvgIpc) is 2.03. The lowest BCUT2D eigenvalue weighted by Crippen LogP contribution is -2.46. The Balaban J connectivity index is 2.29. The molecule has 0 unspecified atom stereocenters. The zero-order chi connectivity index (χ0) is 8.97. The van der Waals surface area contributed by atoms with Gasteiger partial charge in [-0.15, -0.1) is 0 Å². The lowest BCUT2D eigenvalue weighted by Gasteiger charge is -2.26. The fourth-order valence-electron chi connectivity index (χ4n) is 1.18. The first-order valence-electron chi connectivity index (χ1n) is 4.22. The number of rotatable bonds is 3. The zero-order valence-electron chi connectivity index (χ0n) is 7.30. The highest BCUT2D eigenvalue weighted by atomic mass is 16.2. The Bertz CT molecular complexity index is 191. The average molecular weight is 170 g/mol. The van der Waals surface area contributed by atoms with Gasteiger partial charge in [0.1, 0.15) is 5.78 Å². The van der Waals surface area contributed by atoms with Gasteiger partial charge in [0, 0.05) is 26.1 Å². The van der Waals surface area contributed by atoms with Crippen molar-refractivity contribution in [2.75, 3.05) is 19.6 Å². The van der Waals surface area contributed by atoms with Gasteiger partial charge in [-0.05, 0) is 13.3 Å². The smallest absolute Gasteiger partial charge is 0.317 e. The molecule has 4 heteroatoms. The summed E-state index contributed by atoms with van der Waals surface area (Å²) in [6, 6.07) is -0.0394. The molecular weight excluding hydrogens is 156 g/mol. The van der Waals surface area contributed by atoms with Crippen LogP contribution in [0.4, 0.5) is 4.79 Å². The number of nitrogens with one attached hydrogen (secondary N) is 1. The topological polar surface area (TPSA) is 49.4 Å². The number of urea groups is 1. The molecule has 0 saturated carbocycles. The van der Waals surface area contributed by atoms with Gasteiger partial charge in [-0.2, -0.15) is 0 Å². The Morgan fingerprint density at radius 2 is 2.42 bits per heavy atom. The number of Topliss-reactive ketones (excluding diaryl/α,β-unsaturated/α-hetero) is 1. The molecule has 1 aliphatic heterocycles. The fourth-order valence-corrected chi connectivity index (χ4v) is 1.18. The zero-order valence-corrected chi connectivity index (χ0v) is 7.30. The predicted octanol–water partition coefficient (Wildman–Crippen LogP) is 0.381. The minimum Gasteiger partial charge on any atom is -0.338 e. The van der Waals surface area contributed by atoms with Gasteiger partial charge >= 0.3 is 6.03 Å². The summed E-state index contributed by atoms with van der Waals surface area (Å²) in [5.41, 5.74) is 0. The third kappa shape index (κ3) is 2.53. The number of nitrogens with zero attached hydrogens (tertiary/aromatic N) is 1. The van der Waals surface area contributed by atoms with E-state index >= 15 is 0 Å². The van der Waals surface area contributed by atoms with E-state index in [1.807, 2.05) is 0 Å². The van der Waals surface area contributed by atoms with E-state index in [9.17, 15) is 9.59 Å². The van der Waals surface area contributed by atoms with E-state index in [0.29, 0.717) is 13.0 Å². The highest BCUT2D eigenvalue weighted by Gasteiger charge is 2.16. The first-order chi connectivity index (χ1) is 5.70. The summed E-state index contributed by atoms with van der Waals surface area (Å²) in [7, 11) is 0. The third-order valence-electron chi connectivity index (χ3n) is 1.90. The minimum atomic E-state index is -0.0394. The maximum Gasteiger partial charge on any atom is 0.317 e. The predicted molar refractivity (Wildman–Crippen MR) is 44.9 cm³/mol. The van der Waals surface area contributed by atoms with Crippen molar-refractivity contribution in [1.29, 1.82) is 0 Å². The first-order valence-corrected chi connectivity index (χ1v) is 4.22. The Morgan fingerprint density at radius 1 is 1.67 bits per heavy atom. The van der Waals surface area contributed by atoms with Gasteiger partial charge < -0.3 is 10.2 Å². The van der Waals surface area contributed by atoms with Crippen LogP contribution in [0, 0.1) is 0 Å². The molecule has 0 aliphatic carbocycles. The lowest BCUT2D eigenvalue weighted by atomic mass is 10.2. The molecule has 1 N–H and O–H groups in total. The molecule has 2 amide bonds. The van der Waals surface area contributed by atoms with Gasteiger partial charge in [0.05, 0.1) is 0 Å². The van der Waals surface area contributed by atoms with Gasteiger partial charge in [-0.1, -0.05) is 0 Å². The molecule has 0 radical (unpaired) electrons. The molecule has 0 atom stereocenters. The second-order valence-electron chi connectivity index (χ2n) is 3.02. The van der Waals surface area contributed by atoms with Crippen molar-refractivity contribution in [3.05, 3.63) is 0 Å². The minimum absolute atomic E-state index is 0.0394. The number of ketones is 1. The molecule has 4 nitrogen and oxygen atoms in total. The van der Waals surface area contributed by atoms with Crippen molar-refractivity contribution in [2.24, 2.45) is 0 Å². The molecule has 0 bridgehead atoms. The van der Waals surface area contributed by atoms with Crippen molar-refractivity contribution in [1.82, 2.24) is 10.2 Å². The summed E-state index contributed by atoms with van der Waals surface area (Å²) in [5, 5.41) is 2.73. The monoisotopic (exact) mass is 170 g/mol. The summed E-state index contributed by atoms with van der Waals surface area (Å²) in [6.07, 6.45) is 1.44. The van der Waals surface area contributed by atoms with Crippen molar-refractivity contribution in [3.8, 4) is 0 Å². The Hall–Kier alpha value is -1.06. The molecule has 0 aromatic heterocycles. The number of hydrogen-bond acceptors (Lipinski definition) is 2. The van der Waals surface area contributed by atoms with Gasteiger partial charge in [0.2, 0.25) is 0 Å². The third-order valence-corrected chi connectivity index (χ3v) is 1.90. The summed E-state index contributed by atoms with van der Waals surface area (Å²) in [6.45, 7) is 3.64. The Labute approximate surface area is 71.9 Å². The van der Waals surface area contributed by atoms with Gasteiger partial charge in [0.15, 0.2) is 0 Å². The molecule has 68 valence electrons. The number of hydrogen-bond donors (Lipinski definition) is 1. The molecule has 12 heavy (non-hydrogen) atoms. The van der Waals surface area contributed by atoms with Crippen molar-refractivity contribution >= 4 is 11.8 Å². The van der Waals surface area contributed by atoms with Crippen LogP contribution in [0.15, 0.2) is 0 Å². The van der Waals surface area contributed by atoms with Crippen LogP contribution in [-0.4, -0.2) is 36.3 Å². The summed E-state index contributed by atoms with van der Waals surface area (Å²) in [4.78, 5) is 23.4. The molecular formula is C8H14N2O2. The quantitative estimate of drug-likeness (QED) is 0.665. The van der Waals surface area contributed by atoms with Crippen LogP contribution in [-0.2, 0) is 4.79 Å². The maximum atomic E-state index is 11.1. The standard InChI is InChI=1S/C8H14N2O2/c1-7(11)3-6-10-5-2-4-9-8(10)12/h2-6H2,1H3,(H,9,12). The van der Waals surface area contributed by atoms with Crippen LogP contribution in [0.1, 0.15) is 19.8 Å². The first kappa shape index (κ1) is 9.03. The van der Waals surface area contributed by atoms with Crippen molar-refractivity contribution in [3.63, 3.8) is 0 Å². The van der Waals surface area contributed by atoms with Crippen LogP contribution in [0.3, 0.4) is 0 Å². The van der Waals surface area contributed by atoms with Gasteiger partial charge in [-0.3, -0.25) is 4.79 Å². The molecule has 1 aliphatic rings. The van der Waals surface area contributed by atoms with Crippen molar-refractivity contribution in [2.45, 2.75) is 19.8 Å². The van der Waals surface area contributed by atoms with Crippen LogP contribution >= 0.6 is 0 Å². The fraction of sp³-hybridized carbons (Fsp3) is 0.750. The van der Waals surface area contributed by atoms with E-state index in [0.717, 1.165) is 19.5 Å². The summed E-state index contributed by atoms with van der Waals surface area (Å²) in [5.74, 6) is 0.133.